The highest BCUT2D eigenvalue weighted by Gasteiger charge is 2.26. The van der Waals surface area contributed by atoms with Gasteiger partial charge >= 0.3 is 0 Å². The van der Waals surface area contributed by atoms with Gasteiger partial charge in [0.15, 0.2) is 5.78 Å². The highest BCUT2D eigenvalue weighted by molar-refractivity contribution is 5.98. The van der Waals surface area contributed by atoms with Crippen LogP contribution < -0.4 is 10.3 Å². The van der Waals surface area contributed by atoms with Crippen molar-refractivity contribution in [2.75, 3.05) is 26.7 Å². The van der Waals surface area contributed by atoms with Crippen LogP contribution in [0.4, 0.5) is 0 Å². The Labute approximate surface area is 176 Å². The molecule has 0 atom stereocenters. The number of aromatic nitrogens is 2. The summed E-state index contributed by atoms with van der Waals surface area (Å²) >= 11 is 0. The van der Waals surface area contributed by atoms with Gasteiger partial charge < -0.3 is 9.72 Å². The lowest BCUT2D eigenvalue weighted by molar-refractivity contribution is -0.120. The van der Waals surface area contributed by atoms with E-state index in [-0.39, 0.29) is 23.0 Å². The number of H-pyrrole nitrogens is 1. The Morgan fingerprint density at radius 2 is 1.83 bits per heavy atom. The topological polar surface area (TPSA) is 92.4 Å². The van der Waals surface area contributed by atoms with Gasteiger partial charge in [0.2, 0.25) is 0 Å². The van der Waals surface area contributed by atoms with Crippen LogP contribution in [-0.2, 0) is 11.2 Å². The molecule has 0 saturated carbocycles. The van der Waals surface area contributed by atoms with Crippen molar-refractivity contribution in [2.24, 2.45) is 5.92 Å². The van der Waals surface area contributed by atoms with Crippen LogP contribution in [-0.4, -0.2) is 53.2 Å². The number of aromatic amines is 1. The number of rotatable bonds is 8. The number of likely N-dealkylation sites (tertiary alicyclic amines) is 1. The summed E-state index contributed by atoms with van der Waals surface area (Å²) in [5.41, 5.74) is 1.87. The highest BCUT2D eigenvalue weighted by atomic mass is 16.5. The molecular weight excluding hydrogens is 382 g/mol. The van der Waals surface area contributed by atoms with E-state index in [9.17, 15) is 14.4 Å². The number of ketones is 2. The lowest BCUT2D eigenvalue weighted by Gasteiger charge is -2.30. The van der Waals surface area contributed by atoms with Gasteiger partial charge in [-0.1, -0.05) is 0 Å². The van der Waals surface area contributed by atoms with Crippen molar-refractivity contribution in [3.8, 4) is 5.75 Å². The lowest BCUT2D eigenvalue weighted by atomic mass is 9.88. The molecule has 2 heterocycles. The number of carbonyl (C=O) groups is 2. The van der Waals surface area contributed by atoms with Crippen molar-refractivity contribution in [1.82, 2.24) is 14.9 Å². The van der Waals surface area contributed by atoms with Crippen LogP contribution in [0.2, 0.25) is 0 Å². The molecule has 0 radical (unpaired) electrons. The molecule has 7 nitrogen and oxygen atoms in total. The predicted octanol–water partition coefficient (Wildman–Crippen LogP) is 2.49. The fourth-order valence-electron chi connectivity index (χ4n) is 3.75. The number of benzene rings is 1. The third-order valence-corrected chi connectivity index (χ3v) is 5.82. The summed E-state index contributed by atoms with van der Waals surface area (Å²) in [6.45, 7) is 5.37. The molecule has 1 fully saturated rings. The third-order valence-electron chi connectivity index (χ3n) is 5.82. The van der Waals surface area contributed by atoms with Crippen LogP contribution in [0, 0.1) is 19.8 Å². The molecule has 0 aliphatic carbocycles. The first-order chi connectivity index (χ1) is 14.4. The molecule has 0 spiro atoms. The van der Waals surface area contributed by atoms with E-state index in [4.69, 9.17) is 4.74 Å². The molecule has 30 heavy (non-hydrogen) atoms. The third kappa shape index (κ3) is 5.42. The zero-order valence-electron chi connectivity index (χ0n) is 17.9. The Morgan fingerprint density at radius 1 is 1.17 bits per heavy atom. The number of nitrogens with one attached hydrogen (secondary N) is 1. The minimum atomic E-state index is -0.145. The van der Waals surface area contributed by atoms with E-state index in [0.717, 1.165) is 31.7 Å². The molecule has 1 aliphatic rings. The van der Waals surface area contributed by atoms with Crippen LogP contribution in [0.25, 0.3) is 0 Å². The maximum atomic E-state index is 12.7. The van der Waals surface area contributed by atoms with Crippen LogP contribution in [0.3, 0.4) is 0 Å². The van der Waals surface area contributed by atoms with Crippen molar-refractivity contribution in [3.05, 3.63) is 57.3 Å². The van der Waals surface area contributed by atoms with Crippen LogP contribution in [0.1, 0.15) is 46.7 Å². The van der Waals surface area contributed by atoms with Crippen molar-refractivity contribution < 1.29 is 14.3 Å². The second-order valence-corrected chi connectivity index (χ2v) is 7.90. The number of carbonyl (C=O) groups excluding carboxylic acids is 2. The Hall–Kier alpha value is -2.80. The Balaban J connectivity index is 1.45. The van der Waals surface area contributed by atoms with Gasteiger partial charge in [0.25, 0.3) is 5.56 Å². The number of hydrogen-bond acceptors (Lipinski definition) is 6. The summed E-state index contributed by atoms with van der Waals surface area (Å²) in [5.74, 6) is 1.57. The van der Waals surface area contributed by atoms with Gasteiger partial charge in [0, 0.05) is 35.6 Å². The standard InChI is InChI=1S/C23H29N3O4/c1-15-16(2)24-21(25-23(15)29)9-6-19(27)14-26-12-10-18(11-13-26)22(28)17-4-7-20(30-3)8-5-17/h4-5,7-8,18H,6,9-14H2,1-3H3,(H,24,25,29). The quantitative estimate of drug-likeness (QED) is 0.671. The van der Waals surface area contributed by atoms with Gasteiger partial charge in [0.1, 0.15) is 17.4 Å². The smallest absolute Gasteiger partial charge is 0.254 e. The maximum absolute atomic E-state index is 12.7. The summed E-state index contributed by atoms with van der Waals surface area (Å²) in [5, 5.41) is 0. The van der Waals surface area contributed by atoms with E-state index < -0.39 is 0 Å². The number of hydrogen-bond donors (Lipinski definition) is 1. The van der Waals surface area contributed by atoms with Gasteiger partial charge in [-0.05, 0) is 64.0 Å². The van der Waals surface area contributed by atoms with Gasteiger partial charge in [-0.25, -0.2) is 4.98 Å². The SMILES string of the molecule is COc1ccc(C(=O)C2CCN(CC(=O)CCc3nc(C)c(C)c(=O)[nH]3)CC2)cc1. The maximum Gasteiger partial charge on any atom is 0.254 e. The molecule has 1 aromatic heterocycles. The van der Waals surface area contributed by atoms with Gasteiger partial charge in [0.05, 0.1) is 13.7 Å². The summed E-state index contributed by atoms with van der Waals surface area (Å²) < 4.78 is 5.14. The van der Waals surface area contributed by atoms with Gasteiger partial charge in [-0.3, -0.25) is 19.3 Å². The average Bonchev–Trinajstić information content (AvgIpc) is 2.76. The fourth-order valence-corrected chi connectivity index (χ4v) is 3.75. The fraction of sp³-hybridized carbons (Fsp3) is 0.478. The zero-order chi connectivity index (χ0) is 21.7. The Kier molecular flexibility index (Phi) is 7.15. The molecule has 3 rings (SSSR count). The van der Waals surface area contributed by atoms with E-state index in [0.29, 0.717) is 42.0 Å². The molecule has 1 N–H and O–H groups in total. The van der Waals surface area contributed by atoms with E-state index in [1.54, 1.807) is 33.1 Å². The number of nitrogens with zero attached hydrogens (tertiary/aromatic N) is 2. The highest BCUT2D eigenvalue weighted by Crippen LogP contribution is 2.23. The second kappa shape index (κ2) is 9.80. The van der Waals surface area contributed by atoms with Crippen LogP contribution in [0.15, 0.2) is 29.1 Å². The van der Waals surface area contributed by atoms with E-state index >= 15 is 0 Å². The zero-order valence-corrected chi connectivity index (χ0v) is 17.9. The van der Waals surface area contributed by atoms with E-state index in [1.807, 2.05) is 12.1 Å². The van der Waals surface area contributed by atoms with Crippen molar-refractivity contribution in [3.63, 3.8) is 0 Å². The van der Waals surface area contributed by atoms with Gasteiger partial charge in [-0.15, -0.1) is 0 Å². The molecule has 0 unspecified atom stereocenters. The summed E-state index contributed by atoms with van der Waals surface area (Å²) in [4.78, 5) is 46.1. The number of ether oxygens (including phenoxy) is 1. The molecule has 0 bridgehead atoms. The lowest BCUT2D eigenvalue weighted by Crippen LogP contribution is -2.39. The Morgan fingerprint density at radius 3 is 2.43 bits per heavy atom. The van der Waals surface area contributed by atoms with Crippen molar-refractivity contribution in [2.45, 2.75) is 39.5 Å². The minimum absolute atomic E-state index is 0.00504. The minimum Gasteiger partial charge on any atom is -0.497 e. The van der Waals surface area contributed by atoms with Crippen molar-refractivity contribution in [1.29, 1.82) is 0 Å². The number of piperidine rings is 1. The molecule has 2 aromatic rings. The summed E-state index contributed by atoms with van der Waals surface area (Å²) in [7, 11) is 1.60. The molecule has 160 valence electrons. The van der Waals surface area contributed by atoms with Gasteiger partial charge in [-0.2, -0.15) is 0 Å². The average molecular weight is 412 g/mol. The normalized spacial score (nSPS) is 15.2. The van der Waals surface area contributed by atoms with Crippen LogP contribution >= 0.6 is 0 Å². The molecule has 1 aromatic carbocycles. The second-order valence-electron chi connectivity index (χ2n) is 7.90. The molecule has 0 amide bonds. The van der Waals surface area contributed by atoms with Crippen LogP contribution in [0.5, 0.6) is 5.75 Å². The summed E-state index contributed by atoms with van der Waals surface area (Å²) in [6.07, 6.45) is 2.28. The molecule has 1 saturated heterocycles. The first-order valence-electron chi connectivity index (χ1n) is 10.4. The predicted molar refractivity (Wildman–Crippen MR) is 114 cm³/mol. The summed E-state index contributed by atoms with van der Waals surface area (Å²) in [6, 6.07) is 7.22. The van der Waals surface area contributed by atoms with E-state index in [1.165, 1.54) is 0 Å². The monoisotopic (exact) mass is 411 g/mol. The number of aryl methyl sites for hydroxylation is 2. The Bertz CT molecular complexity index is 957. The number of methoxy groups -OCH3 is 1. The van der Waals surface area contributed by atoms with Crippen molar-refractivity contribution >= 4 is 11.6 Å². The molecule has 7 heteroatoms. The molecular formula is C23H29N3O4. The first kappa shape index (κ1) is 21.9. The van der Waals surface area contributed by atoms with E-state index in [2.05, 4.69) is 14.9 Å². The largest absolute Gasteiger partial charge is 0.497 e. The molecule has 1 aliphatic heterocycles. The number of Topliss-reactive ketones (excluding diaryl/α,β-unsaturated/α-hetero) is 2. The first-order valence-corrected chi connectivity index (χ1v) is 10.4.